The maximum atomic E-state index is 10.6. The third kappa shape index (κ3) is 3.32. The molecule has 4 heteroatoms. The van der Waals surface area contributed by atoms with Crippen molar-refractivity contribution in [3.05, 3.63) is 29.6 Å². The summed E-state index contributed by atoms with van der Waals surface area (Å²) in [4.78, 5) is 16.7. The van der Waals surface area contributed by atoms with Gasteiger partial charge in [0.25, 0.3) is 0 Å². The van der Waals surface area contributed by atoms with Crippen LogP contribution in [0.15, 0.2) is 18.3 Å². The van der Waals surface area contributed by atoms with Crippen molar-refractivity contribution in [2.24, 2.45) is 0 Å². The molecule has 0 aliphatic carbocycles. The van der Waals surface area contributed by atoms with Gasteiger partial charge in [-0.15, -0.1) is 0 Å². The molecule has 1 aromatic rings. The first-order valence-corrected chi connectivity index (χ1v) is 5.08. The summed E-state index contributed by atoms with van der Waals surface area (Å²) in [6.45, 7) is 6.99. The van der Waals surface area contributed by atoms with E-state index in [1.165, 1.54) is 0 Å². The topological polar surface area (TPSA) is 53.4 Å². The molecule has 0 saturated carbocycles. The van der Waals surface area contributed by atoms with Crippen molar-refractivity contribution >= 4 is 5.97 Å². The zero-order valence-corrected chi connectivity index (χ0v) is 9.10. The SMILES string of the molecule is CCN(CC)Cc1ccc(C(=O)O)nc1. The van der Waals surface area contributed by atoms with Crippen molar-refractivity contribution in [1.29, 1.82) is 0 Å². The average Bonchev–Trinajstić information content (AvgIpc) is 2.26. The van der Waals surface area contributed by atoms with Gasteiger partial charge >= 0.3 is 5.97 Å². The van der Waals surface area contributed by atoms with Gasteiger partial charge in [0, 0.05) is 12.7 Å². The van der Waals surface area contributed by atoms with Gasteiger partial charge in [0.05, 0.1) is 0 Å². The monoisotopic (exact) mass is 208 g/mol. The molecule has 1 rings (SSSR count). The molecule has 0 bridgehead atoms. The summed E-state index contributed by atoms with van der Waals surface area (Å²) in [5.41, 5.74) is 1.14. The van der Waals surface area contributed by atoms with Gasteiger partial charge in [-0.05, 0) is 24.7 Å². The highest BCUT2D eigenvalue weighted by Gasteiger charge is 2.05. The number of pyridine rings is 1. The standard InChI is InChI=1S/C11H16N2O2/c1-3-13(4-2)8-9-5-6-10(11(14)15)12-7-9/h5-7H,3-4,8H2,1-2H3,(H,14,15). The molecule has 0 spiro atoms. The van der Waals surface area contributed by atoms with E-state index in [-0.39, 0.29) is 5.69 Å². The van der Waals surface area contributed by atoms with Crippen molar-refractivity contribution in [1.82, 2.24) is 9.88 Å². The Morgan fingerprint density at radius 2 is 2.07 bits per heavy atom. The molecule has 0 amide bonds. The first-order valence-electron chi connectivity index (χ1n) is 5.08. The molecule has 4 nitrogen and oxygen atoms in total. The van der Waals surface area contributed by atoms with Gasteiger partial charge in [0.1, 0.15) is 5.69 Å². The molecule has 0 aliphatic rings. The minimum Gasteiger partial charge on any atom is -0.477 e. The van der Waals surface area contributed by atoms with Crippen LogP contribution in [0.2, 0.25) is 0 Å². The zero-order valence-electron chi connectivity index (χ0n) is 9.10. The smallest absolute Gasteiger partial charge is 0.354 e. The summed E-state index contributed by atoms with van der Waals surface area (Å²) in [6, 6.07) is 3.36. The average molecular weight is 208 g/mol. The summed E-state index contributed by atoms with van der Waals surface area (Å²) < 4.78 is 0. The van der Waals surface area contributed by atoms with Crippen LogP contribution >= 0.6 is 0 Å². The molecule has 0 radical (unpaired) electrons. The molecule has 1 heterocycles. The van der Waals surface area contributed by atoms with Crippen LogP contribution in [0.4, 0.5) is 0 Å². The summed E-state index contributed by atoms with van der Waals surface area (Å²) in [5, 5.41) is 8.68. The van der Waals surface area contributed by atoms with Gasteiger partial charge in [0.2, 0.25) is 0 Å². The Morgan fingerprint density at radius 1 is 1.40 bits per heavy atom. The van der Waals surface area contributed by atoms with Gasteiger partial charge in [-0.2, -0.15) is 0 Å². The van der Waals surface area contributed by atoms with E-state index in [9.17, 15) is 4.79 Å². The van der Waals surface area contributed by atoms with Gasteiger partial charge in [-0.3, -0.25) is 4.90 Å². The number of carbonyl (C=O) groups is 1. The van der Waals surface area contributed by atoms with Crippen LogP contribution in [-0.2, 0) is 6.54 Å². The van der Waals surface area contributed by atoms with Crippen molar-refractivity contribution in [3.63, 3.8) is 0 Å². The Morgan fingerprint density at radius 3 is 2.47 bits per heavy atom. The van der Waals surface area contributed by atoms with E-state index < -0.39 is 5.97 Å². The lowest BCUT2D eigenvalue weighted by Gasteiger charge is -2.17. The van der Waals surface area contributed by atoms with Gasteiger partial charge in [0.15, 0.2) is 0 Å². The Balaban J connectivity index is 2.67. The quantitative estimate of drug-likeness (QED) is 0.799. The van der Waals surface area contributed by atoms with Crippen LogP contribution < -0.4 is 0 Å². The number of aromatic nitrogens is 1. The minimum absolute atomic E-state index is 0.0956. The molecule has 0 aromatic carbocycles. The van der Waals surface area contributed by atoms with E-state index >= 15 is 0 Å². The Bertz CT molecular complexity index is 318. The van der Waals surface area contributed by atoms with E-state index in [2.05, 4.69) is 23.7 Å². The summed E-state index contributed by atoms with van der Waals surface area (Å²) in [6.07, 6.45) is 1.63. The Hall–Kier alpha value is -1.42. The van der Waals surface area contributed by atoms with E-state index in [0.29, 0.717) is 0 Å². The van der Waals surface area contributed by atoms with Crippen LogP contribution in [0.3, 0.4) is 0 Å². The van der Waals surface area contributed by atoms with Crippen LogP contribution in [0, 0.1) is 0 Å². The fourth-order valence-electron chi connectivity index (χ4n) is 1.35. The van der Waals surface area contributed by atoms with Gasteiger partial charge in [-0.25, -0.2) is 9.78 Å². The van der Waals surface area contributed by atoms with Crippen LogP contribution in [-0.4, -0.2) is 34.0 Å². The molecule has 15 heavy (non-hydrogen) atoms. The number of carboxylic acids is 1. The second-order valence-electron chi connectivity index (χ2n) is 3.32. The highest BCUT2D eigenvalue weighted by molar-refractivity contribution is 5.85. The van der Waals surface area contributed by atoms with Gasteiger partial charge in [-0.1, -0.05) is 19.9 Å². The molecule has 0 unspecified atom stereocenters. The predicted molar refractivity (Wildman–Crippen MR) is 57.8 cm³/mol. The number of nitrogens with zero attached hydrogens (tertiary/aromatic N) is 2. The maximum Gasteiger partial charge on any atom is 0.354 e. The third-order valence-electron chi connectivity index (χ3n) is 2.34. The lowest BCUT2D eigenvalue weighted by atomic mass is 10.2. The first-order chi connectivity index (χ1) is 7.17. The largest absolute Gasteiger partial charge is 0.477 e. The maximum absolute atomic E-state index is 10.6. The fraction of sp³-hybridized carbons (Fsp3) is 0.455. The third-order valence-corrected chi connectivity index (χ3v) is 2.34. The number of hydrogen-bond donors (Lipinski definition) is 1. The number of carboxylic acid groups (broad SMARTS) is 1. The normalized spacial score (nSPS) is 10.6. The molecule has 0 saturated heterocycles. The molecule has 0 atom stereocenters. The van der Waals surface area contributed by atoms with Crippen molar-refractivity contribution in [3.8, 4) is 0 Å². The molecule has 82 valence electrons. The molecular formula is C11H16N2O2. The minimum atomic E-state index is -0.982. The van der Waals surface area contributed by atoms with Gasteiger partial charge < -0.3 is 5.11 Å². The van der Waals surface area contributed by atoms with E-state index in [0.717, 1.165) is 25.2 Å². The Kier molecular flexibility index (Phi) is 4.24. The van der Waals surface area contributed by atoms with E-state index in [1.807, 2.05) is 6.07 Å². The van der Waals surface area contributed by atoms with Crippen LogP contribution in [0.25, 0.3) is 0 Å². The van der Waals surface area contributed by atoms with Crippen molar-refractivity contribution in [2.75, 3.05) is 13.1 Å². The first kappa shape index (κ1) is 11.7. The molecule has 0 fully saturated rings. The van der Waals surface area contributed by atoms with E-state index in [1.54, 1.807) is 12.3 Å². The van der Waals surface area contributed by atoms with Crippen molar-refractivity contribution in [2.45, 2.75) is 20.4 Å². The molecule has 1 N–H and O–H groups in total. The predicted octanol–water partition coefficient (Wildman–Crippen LogP) is 1.62. The molecular weight excluding hydrogens is 192 g/mol. The highest BCUT2D eigenvalue weighted by Crippen LogP contribution is 2.04. The summed E-state index contributed by atoms with van der Waals surface area (Å²) >= 11 is 0. The lowest BCUT2D eigenvalue weighted by molar-refractivity contribution is 0.0690. The highest BCUT2D eigenvalue weighted by atomic mass is 16.4. The molecule has 0 aliphatic heterocycles. The number of rotatable bonds is 5. The summed E-state index contributed by atoms with van der Waals surface area (Å²) in [5.74, 6) is -0.982. The van der Waals surface area contributed by atoms with Crippen molar-refractivity contribution < 1.29 is 9.90 Å². The van der Waals surface area contributed by atoms with Crippen LogP contribution in [0.5, 0.6) is 0 Å². The number of aromatic carboxylic acids is 1. The summed E-state index contributed by atoms with van der Waals surface area (Å²) in [7, 11) is 0. The fourth-order valence-corrected chi connectivity index (χ4v) is 1.35. The van der Waals surface area contributed by atoms with Crippen LogP contribution in [0.1, 0.15) is 29.9 Å². The lowest BCUT2D eigenvalue weighted by Crippen LogP contribution is -2.22. The second-order valence-corrected chi connectivity index (χ2v) is 3.32. The zero-order chi connectivity index (χ0) is 11.3. The Labute approximate surface area is 89.6 Å². The van der Waals surface area contributed by atoms with E-state index in [4.69, 9.17) is 5.11 Å². The second kappa shape index (κ2) is 5.46. The molecule has 1 aromatic heterocycles. The number of hydrogen-bond acceptors (Lipinski definition) is 3.